The lowest BCUT2D eigenvalue weighted by molar-refractivity contribution is -0.120. The SMILES string of the molecule is CCc1cccc(C)c1NC(=O)COn1cccc(C(=O)O)c1=O. The molecule has 126 valence electrons. The maximum atomic E-state index is 12.1. The fraction of sp³-hybridized carbons (Fsp3) is 0.235. The molecule has 1 aromatic carbocycles. The number of aromatic nitrogens is 1. The number of nitrogens with zero attached hydrogens (tertiary/aromatic N) is 1. The van der Waals surface area contributed by atoms with Gasteiger partial charge in [0.25, 0.3) is 11.5 Å². The lowest BCUT2D eigenvalue weighted by atomic mass is 10.1. The molecule has 0 aliphatic carbocycles. The van der Waals surface area contributed by atoms with E-state index in [0.717, 1.165) is 28.0 Å². The lowest BCUT2D eigenvalue weighted by Crippen LogP contribution is -2.34. The van der Waals surface area contributed by atoms with Crippen molar-refractivity contribution in [2.75, 3.05) is 11.9 Å². The Morgan fingerprint density at radius 3 is 2.67 bits per heavy atom. The third-order valence-corrected chi connectivity index (χ3v) is 3.48. The van der Waals surface area contributed by atoms with Gasteiger partial charge in [-0.15, -0.1) is 0 Å². The largest absolute Gasteiger partial charge is 0.477 e. The number of anilines is 1. The van der Waals surface area contributed by atoms with Gasteiger partial charge in [-0.25, -0.2) is 4.79 Å². The summed E-state index contributed by atoms with van der Waals surface area (Å²) in [6.07, 6.45) is 2.02. The molecule has 0 fully saturated rings. The minimum Gasteiger partial charge on any atom is -0.477 e. The van der Waals surface area contributed by atoms with E-state index in [9.17, 15) is 14.4 Å². The number of rotatable bonds is 6. The van der Waals surface area contributed by atoms with Crippen molar-refractivity contribution in [3.8, 4) is 0 Å². The van der Waals surface area contributed by atoms with Crippen molar-refractivity contribution < 1.29 is 19.5 Å². The second kappa shape index (κ2) is 7.45. The van der Waals surface area contributed by atoms with Gasteiger partial charge in [-0.2, -0.15) is 4.73 Å². The summed E-state index contributed by atoms with van der Waals surface area (Å²) in [7, 11) is 0. The summed E-state index contributed by atoms with van der Waals surface area (Å²) in [5.74, 6) is -1.79. The average Bonchev–Trinajstić information content (AvgIpc) is 2.55. The zero-order valence-electron chi connectivity index (χ0n) is 13.4. The van der Waals surface area contributed by atoms with E-state index >= 15 is 0 Å². The number of hydrogen-bond acceptors (Lipinski definition) is 4. The average molecular weight is 330 g/mol. The molecule has 0 spiro atoms. The first kappa shape index (κ1) is 17.3. The summed E-state index contributed by atoms with van der Waals surface area (Å²) in [5.41, 5.74) is 1.38. The highest BCUT2D eigenvalue weighted by Crippen LogP contribution is 2.20. The fourth-order valence-corrected chi connectivity index (χ4v) is 2.25. The maximum Gasteiger partial charge on any atom is 0.341 e. The molecule has 0 aliphatic heterocycles. The van der Waals surface area contributed by atoms with E-state index < -0.39 is 29.6 Å². The standard InChI is InChI=1S/C17H18N2O5/c1-3-12-7-4-6-11(2)15(12)18-14(20)10-24-19-9-5-8-13(16(19)21)17(22)23/h4-9H,3,10H2,1-2H3,(H,18,20)(H,22,23). The van der Waals surface area contributed by atoms with Crippen molar-refractivity contribution in [1.82, 2.24) is 4.73 Å². The highest BCUT2D eigenvalue weighted by Gasteiger charge is 2.13. The topological polar surface area (TPSA) is 97.6 Å². The summed E-state index contributed by atoms with van der Waals surface area (Å²) in [5, 5.41) is 11.7. The Balaban J connectivity index is 2.09. The van der Waals surface area contributed by atoms with Gasteiger partial charge in [0.1, 0.15) is 5.56 Å². The van der Waals surface area contributed by atoms with Crippen LogP contribution in [-0.2, 0) is 11.2 Å². The van der Waals surface area contributed by atoms with Crippen molar-refractivity contribution >= 4 is 17.6 Å². The number of amides is 1. The molecule has 2 aromatic rings. The smallest absolute Gasteiger partial charge is 0.341 e. The zero-order valence-corrected chi connectivity index (χ0v) is 13.4. The summed E-state index contributed by atoms with van der Waals surface area (Å²) in [6, 6.07) is 8.25. The zero-order chi connectivity index (χ0) is 17.7. The number of aryl methyl sites for hydroxylation is 2. The first-order valence-electron chi connectivity index (χ1n) is 7.40. The number of nitrogens with one attached hydrogen (secondary N) is 1. The molecule has 0 saturated carbocycles. The van der Waals surface area contributed by atoms with Gasteiger partial charge in [-0.05, 0) is 36.6 Å². The molecule has 0 atom stereocenters. The van der Waals surface area contributed by atoms with Gasteiger partial charge < -0.3 is 15.3 Å². The first-order chi connectivity index (χ1) is 11.4. The van der Waals surface area contributed by atoms with Crippen molar-refractivity contribution in [2.24, 2.45) is 0 Å². The summed E-state index contributed by atoms with van der Waals surface area (Å²) in [4.78, 5) is 39.9. The highest BCUT2D eigenvalue weighted by molar-refractivity contribution is 5.93. The third-order valence-electron chi connectivity index (χ3n) is 3.48. The van der Waals surface area contributed by atoms with Crippen LogP contribution in [0.3, 0.4) is 0 Å². The van der Waals surface area contributed by atoms with Gasteiger partial charge in [0.15, 0.2) is 6.61 Å². The number of para-hydroxylation sites is 1. The van der Waals surface area contributed by atoms with E-state index in [0.29, 0.717) is 0 Å². The van der Waals surface area contributed by atoms with Crippen LogP contribution < -0.4 is 15.7 Å². The van der Waals surface area contributed by atoms with Crippen LogP contribution in [0.4, 0.5) is 5.69 Å². The summed E-state index contributed by atoms with van der Waals surface area (Å²) in [6.45, 7) is 3.45. The number of carboxylic acid groups (broad SMARTS) is 1. The van der Waals surface area contributed by atoms with Crippen LogP contribution in [0.2, 0.25) is 0 Å². The Bertz CT molecular complexity index is 826. The molecular weight excluding hydrogens is 312 g/mol. The van der Waals surface area contributed by atoms with Crippen molar-refractivity contribution in [2.45, 2.75) is 20.3 Å². The first-order valence-corrected chi connectivity index (χ1v) is 7.40. The molecule has 7 heteroatoms. The van der Waals surface area contributed by atoms with Gasteiger partial charge in [-0.3, -0.25) is 9.59 Å². The van der Waals surface area contributed by atoms with Crippen LogP contribution in [-0.4, -0.2) is 28.3 Å². The molecule has 24 heavy (non-hydrogen) atoms. The highest BCUT2D eigenvalue weighted by atomic mass is 16.7. The summed E-state index contributed by atoms with van der Waals surface area (Å²) < 4.78 is 0.738. The van der Waals surface area contributed by atoms with Crippen molar-refractivity contribution in [3.05, 3.63) is 63.6 Å². The molecule has 0 unspecified atom stereocenters. The van der Waals surface area contributed by atoms with Crippen LogP contribution >= 0.6 is 0 Å². The number of pyridine rings is 1. The minimum atomic E-state index is -1.35. The van der Waals surface area contributed by atoms with Crippen molar-refractivity contribution in [1.29, 1.82) is 0 Å². The normalized spacial score (nSPS) is 10.2. The Kier molecular flexibility index (Phi) is 5.36. The third kappa shape index (κ3) is 3.81. The molecule has 2 N–H and O–H groups in total. The lowest BCUT2D eigenvalue weighted by Gasteiger charge is -2.13. The summed E-state index contributed by atoms with van der Waals surface area (Å²) >= 11 is 0. The molecule has 0 aliphatic rings. The van der Waals surface area contributed by atoms with Gasteiger partial charge in [0, 0.05) is 11.9 Å². The molecule has 2 rings (SSSR count). The van der Waals surface area contributed by atoms with Crippen LogP contribution in [0.15, 0.2) is 41.3 Å². The second-order valence-corrected chi connectivity index (χ2v) is 5.14. The van der Waals surface area contributed by atoms with Gasteiger partial charge >= 0.3 is 5.97 Å². The fourth-order valence-electron chi connectivity index (χ4n) is 2.25. The van der Waals surface area contributed by atoms with E-state index in [2.05, 4.69) is 5.32 Å². The molecule has 0 radical (unpaired) electrons. The monoisotopic (exact) mass is 330 g/mol. The Morgan fingerprint density at radius 1 is 1.25 bits per heavy atom. The van der Waals surface area contributed by atoms with Crippen LogP contribution in [0.5, 0.6) is 0 Å². The van der Waals surface area contributed by atoms with Gasteiger partial charge in [-0.1, -0.05) is 25.1 Å². The number of carbonyl (C=O) groups excluding carboxylic acids is 1. The van der Waals surface area contributed by atoms with E-state index in [1.807, 2.05) is 32.0 Å². The van der Waals surface area contributed by atoms with E-state index in [1.165, 1.54) is 18.3 Å². The molecule has 7 nitrogen and oxygen atoms in total. The van der Waals surface area contributed by atoms with E-state index in [-0.39, 0.29) is 0 Å². The predicted octanol–water partition coefficient (Wildman–Crippen LogP) is 1.48. The molecule has 0 saturated heterocycles. The van der Waals surface area contributed by atoms with Gasteiger partial charge in [0.2, 0.25) is 0 Å². The molecule has 1 aromatic heterocycles. The molecule has 1 amide bonds. The minimum absolute atomic E-state index is 0.416. The Labute approximate surface area is 138 Å². The number of hydrogen-bond donors (Lipinski definition) is 2. The maximum absolute atomic E-state index is 12.1. The van der Waals surface area contributed by atoms with Crippen LogP contribution in [0.25, 0.3) is 0 Å². The number of benzene rings is 1. The molecule has 1 heterocycles. The van der Waals surface area contributed by atoms with Crippen LogP contribution in [0.1, 0.15) is 28.4 Å². The predicted molar refractivity (Wildman–Crippen MR) is 88.3 cm³/mol. The van der Waals surface area contributed by atoms with Crippen molar-refractivity contribution in [3.63, 3.8) is 0 Å². The van der Waals surface area contributed by atoms with E-state index in [4.69, 9.17) is 9.94 Å². The number of carboxylic acids is 1. The van der Waals surface area contributed by atoms with E-state index in [1.54, 1.807) is 0 Å². The van der Waals surface area contributed by atoms with Gasteiger partial charge in [0.05, 0.1) is 0 Å². The second-order valence-electron chi connectivity index (χ2n) is 5.14. The quantitative estimate of drug-likeness (QED) is 0.836. The molecule has 0 bridgehead atoms. The number of aromatic carboxylic acids is 1. The Morgan fingerprint density at radius 2 is 2.00 bits per heavy atom. The molecular formula is C17H18N2O5. The number of carbonyl (C=O) groups is 2. The van der Waals surface area contributed by atoms with Crippen LogP contribution in [0, 0.1) is 6.92 Å². The Hall–Kier alpha value is -3.09.